The summed E-state index contributed by atoms with van der Waals surface area (Å²) in [5, 5.41) is 14.0. The molecule has 5 heteroatoms. The molecule has 102 valence electrons. The van der Waals surface area contributed by atoms with Crippen molar-refractivity contribution in [2.75, 3.05) is 7.05 Å². The molecule has 1 heterocycles. The van der Waals surface area contributed by atoms with Gasteiger partial charge in [0.25, 0.3) is 0 Å². The fourth-order valence-corrected chi connectivity index (χ4v) is 2.50. The molecule has 2 atom stereocenters. The second kappa shape index (κ2) is 5.80. The van der Waals surface area contributed by atoms with Gasteiger partial charge in [-0.2, -0.15) is 4.98 Å². The molecular formula is C13H23N3O2. The second-order valence-corrected chi connectivity index (χ2v) is 5.54. The Bertz CT molecular complexity index is 378. The average molecular weight is 253 g/mol. The molecule has 1 fully saturated rings. The third kappa shape index (κ3) is 3.09. The number of aliphatic hydroxyl groups is 1. The standard InChI is InChI=1S/C13H23N3O2/c1-9(2)13-14-12(18-15-13)8-16(3)10-6-4-5-7-11(10)17/h9-11,17H,4-8H2,1-3H3. The van der Waals surface area contributed by atoms with Gasteiger partial charge in [0.2, 0.25) is 5.89 Å². The fraction of sp³-hybridized carbons (Fsp3) is 0.846. The highest BCUT2D eigenvalue weighted by Crippen LogP contribution is 2.23. The summed E-state index contributed by atoms with van der Waals surface area (Å²) in [5.74, 6) is 1.68. The molecule has 0 aliphatic heterocycles. The Kier molecular flexibility index (Phi) is 4.35. The van der Waals surface area contributed by atoms with Crippen LogP contribution in [-0.2, 0) is 6.54 Å². The molecule has 2 rings (SSSR count). The molecule has 1 N–H and O–H groups in total. The van der Waals surface area contributed by atoms with Crippen molar-refractivity contribution < 1.29 is 9.63 Å². The molecule has 1 aromatic rings. The van der Waals surface area contributed by atoms with Crippen LogP contribution < -0.4 is 0 Å². The van der Waals surface area contributed by atoms with E-state index in [-0.39, 0.29) is 18.1 Å². The Morgan fingerprint density at radius 2 is 2.11 bits per heavy atom. The van der Waals surface area contributed by atoms with Crippen LogP contribution in [0.25, 0.3) is 0 Å². The molecule has 0 spiro atoms. The Morgan fingerprint density at radius 1 is 1.39 bits per heavy atom. The van der Waals surface area contributed by atoms with Crippen LogP contribution in [0.1, 0.15) is 57.2 Å². The molecule has 0 saturated heterocycles. The van der Waals surface area contributed by atoms with Gasteiger partial charge in [-0.3, -0.25) is 4.90 Å². The maximum atomic E-state index is 10.0. The van der Waals surface area contributed by atoms with Gasteiger partial charge in [-0.1, -0.05) is 31.8 Å². The first-order valence-electron chi connectivity index (χ1n) is 6.78. The zero-order chi connectivity index (χ0) is 13.1. The highest BCUT2D eigenvalue weighted by atomic mass is 16.5. The predicted molar refractivity (Wildman–Crippen MR) is 68.1 cm³/mol. The molecule has 0 bridgehead atoms. The quantitative estimate of drug-likeness (QED) is 0.888. The zero-order valence-corrected chi connectivity index (χ0v) is 11.5. The number of hydrogen-bond acceptors (Lipinski definition) is 5. The van der Waals surface area contributed by atoms with Gasteiger partial charge in [0.15, 0.2) is 5.82 Å². The molecule has 0 amide bonds. The van der Waals surface area contributed by atoms with Crippen LogP contribution in [0.3, 0.4) is 0 Å². The Labute approximate surface area is 108 Å². The predicted octanol–water partition coefficient (Wildman–Crippen LogP) is 1.93. The molecule has 0 aromatic carbocycles. The van der Waals surface area contributed by atoms with Gasteiger partial charge in [0.1, 0.15) is 0 Å². The molecule has 1 aromatic heterocycles. The van der Waals surface area contributed by atoms with E-state index in [0.29, 0.717) is 12.4 Å². The average Bonchev–Trinajstić information content (AvgIpc) is 2.78. The molecule has 2 unspecified atom stereocenters. The van der Waals surface area contributed by atoms with Gasteiger partial charge in [0.05, 0.1) is 12.6 Å². The smallest absolute Gasteiger partial charge is 0.240 e. The van der Waals surface area contributed by atoms with Crippen LogP contribution >= 0.6 is 0 Å². The highest BCUT2D eigenvalue weighted by molar-refractivity contribution is 4.92. The highest BCUT2D eigenvalue weighted by Gasteiger charge is 2.27. The van der Waals surface area contributed by atoms with E-state index >= 15 is 0 Å². The molecular weight excluding hydrogens is 230 g/mol. The third-order valence-electron chi connectivity index (χ3n) is 3.64. The monoisotopic (exact) mass is 253 g/mol. The van der Waals surface area contributed by atoms with Crippen molar-refractivity contribution in [2.45, 2.75) is 64.1 Å². The minimum atomic E-state index is -0.226. The molecule has 1 saturated carbocycles. The zero-order valence-electron chi connectivity index (χ0n) is 11.5. The van der Waals surface area contributed by atoms with E-state index in [1.807, 2.05) is 20.9 Å². The first kappa shape index (κ1) is 13.5. The van der Waals surface area contributed by atoms with Gasteiger partial charge < -0.3 is 9.63 Å². The van der Waals surface area contributed by atoms with Gasteiger partial charge in [0, 0.05) is 12.0 Å². The third-order valence-corrected chi connectivity index (χ3v) is 3.64. The van der Waals surface area contributed by atoms with Gasteiger partial charge in [-0.25, -0.2) is 0 Å². The summed E-state index contributed by atoms with van der Waals surface area (Å²) >= 11 is 0. The van der Waals surface area contributed by atoms with E-state index in [9.17, 15) is 5.11 Å². The van der Waals surface area contributed by atoms with Crippen LogP contribution in [0.5, 0.6) is 0 Å². The largest absolute Gasteiger partial charge is 0.391 e. The van der Waals surface area contributed by atoms with Crippen LogP contribution in [0.15, 0.2) is 4.52 Å². The van der Waals surface area contributed by atoms with Crippen LogP contribution in [0.2, 0.25) is 0 Å². The van der Waals surface area contributed by atoms with Crippen LogP contribution in [-0.4, -0.2) is 39.3 Å². The van der Waals surface area contributed by atoms with Gasteiger partial charge >= 0.3 is 0 Å². The Balaban J connectivity index is 1.95. The molecule has 1 aliphatic carbocycles. The topological polar surface area (TPSA) is 62.4 Å². The van der Waals surface area contributed by atoms with E-state index in [1.165, 1.54) is 6.42 Å². The summed E-state index contributed by atoms with van der Waals surface area (Å²) in [4.78, 5) is 6.49. The van der Waals surface area contributed by atoms with E-state index in [4.69, 9.17) is 4.52 Å². The Hall–Kier alpha value is -0.940. The second-order valence-electron chi connectivity index (χ2n) is 5.54. The van der Waals surface area contributed by atoms with Crippen molar-refractivity contribution >= 4 is 0 Å². The van der Waals surface area contributed by atoms with E-state index < -0.39 is 0 Å². The van der Waals surface area contributed by atoms with Crippen molar-refractivity contribution in [1.29, 1.82) is 0 Å². The number of aromatic nitrogens is 2. The van der Waals surface area contributed by atoms with Crippen molar-refractivity contribution in [3.05, 3.63) is 11.7 Å². The van der Waals surface area contributed by atoms with Crippen molar-refractivity contribution in [3.8, 4) is 0 Å². The van der Waals surface area contributed by atoms with Gasteiger partial charge in [-0.05, 0) is 19.9 Å². The van der Waals surface area contributed by atoms with Crippen LogP contribution in [0, 0.1) is 0 Å². The SMILES string of the molecule is CC(C)c1noc(CN(C)C2CCCCC2O)n1. The number of rotatable bonds is 4. The normalized spacial score (nSPS) is 25.0. The molecule has 5 nitrogen and oxygen atoms in total. The lowest BCUT2D eigenvalue weighted by atomic mass is 9.91. The first-order chi connectivity index (χ1) is 8.58. The lowest BCUT2D eigenvalue weighted by molar-refractivity contribution is 0.0248. The van der Waals surface area contributed by atoms with E-state index in [2.05, 4.69) is 15.0 Å². The van der Waals surface area contributed by atoms with Gasteiger partial charge in [-0.15, -0.1) is 0 Å². The summed E-state index contributed by atoms with van der Waals surface area (Å²) < 4.78 is 5.24. The maximum Gasteiger partial charge on any atom is 0.240 e. The lowest BCUT2D eigenvalue weighted by Crippen LogP contribution is -2.42. The minimum absolute atomic E-state index is 0.216. The molecule has 1 aliphatic rings. The van der Waals surface area contributed by atoms with E-state index in [0.717, 1.165) is 25.1 Å². The lowest BCUT2D eigenvalue weighted by Gasteiger charge is -2.34. The number of likely N-dealkylation sites (N-methyl/N-ethyl adjacent to an activating group) is 1. The number of hydrogen-bond donors (Lipinski definition) is 1. The minimum Gasteiger partial charge on any atom is -0.391 e. The summed E-state index contributed by atoms with van der Waals surface area (Å²) in [5.41, 5.74) is 0. The summed E-state index contributed by atoms with van der Waals surface area (Å²) in [6.45, 7) is 4.70. The summed E-state index contributed by atoms with van der Waals surface area (Å²) in [6.07, 6.45) is 4.03. The number of aliphatic hydroxyl groups excluding tert-OH is 1. The summed E-state index contributed by atoms with van der Waals surface area (Å²) in [7, 11) is 2.01. The van der Waals surface area contributed by atoms with Crippen molar-refractivity contribution in [3.63, 3.8) is 0 Å². The van der Waals surface area contributed by atoms with Crippen LogP contribution in [0.4, 0.5) is 0 Å². The van der Waals surface area contributed by atoms with Crippen molar-refractivity contribution in [1.82, 2.24) is 15.0 Å². The molecule has 0 radical (unpaired) electrons. The summed E-state index contributed by atoms with van der Waals surface area (Å²) in [6, 6.07) is 0.216. The molecule has 18 heavy (non-hydrogen) atoms. The first-order valence-corrected chi connectivity index (χ1v) is 6.78. The Morgan fingerprint density at radius 3 is 2.72 bits per heavy atom. The maximum absolute atomic E-state index is 10.0. The number of nitrogens with zero attached hydrogens (tertiary/aromatic N) is 3. The fourth-order valence-electron chi connectivity index (χ4n) is 2.50. The van der Waals surface area contributed by atoms with E-state index in [1.54, 1.807) is 0 Å². The van der Waals surface area contributed by atoms with Crippen molar-refractivity contribution in [2.24, 2.45) is 0 Å².